The molecule has 8 rings (SSSR count). The van der Waals surface area contributed by atoms with Crippen LogP contribution in [0.4, 0.5) is 23.8 Å². The minimum absolute atomic E-state index is 0.0424. The average molecular weight is 928 g/mol. The van der Waals surface area contributed by atoms with Gasteiger partial charge in [-0.3, -0.25) is 9.80 Å². The quantitative estimate of drug-likeness (QED) is 0.0739. The maximum absolute atomic E-state index is 18.0. The van der Waals surface area contributed by atoms with Gasteiger partial charge in [-0.05, 0) is 118 Å². The molecule has 1 aromatic heterocycles. The van der Waals surface area contributed by atoms with Crippen LogP contribution < -0.4 is 14.4 Å². The second-order valence-electron chi connectivity index (χ2n) is 21.3. The number of likely N-dealkylation sites (tertiary alicyclic amines) is 1. The molecule has 10 nitrogen and oxygen atoms in total. The fraction of sp³-hybridized carbons (Fsp3) is 0.596. The van der Waals surface area contributed by atoms with Crippen LogP contribution in [-0.2, 0) is 9.47 Å². The molecule has 66 heavy (non-hydrogen) atoms. The molecule has 0 spiro atoms. The maximum Gasteiger partial charge on any atom is 0.410 e. The van der Waals surface area contributed by atoms with Crippen molar-refractivity contribution < 1.29 is 36.9 Å². The summed E-state index contributed by atoms with van der Waals surface area (Å²) >= 11 is 0. The third-order valence-electron chi connectivity index (χ3n) is 14.6. The minimum atomic E-state index is -2.31. The molecule has 14 heteroatoms. The summed E-state index contributed by atoms with van der Waals surface area (Å²) in [6, 6.07) is 9.95. The van der Waals surface area contributed by atoms with Crippen molar-refractivity contribution in [3.63, 3.8) is 0 Å². The monoisotopic (exact) mass is 927 g/mol. The Morgan fingerprint density at radius 1 is 0.909 bits per heavy atom. The summed E-state index contributed by atoms with van der Waals surface area (Å²) in [4.78, 5) is 29.5. The van der Waals surface area contributed by atoms with Crippen LogP contribution in [0.3, 0.4) is 0 Å². The lowest BCUT2D eigenvalue weighted by atomic mass is 9.93. The molecule has 3 saturated heterocycles. The van der Waals surface area contributed by atoms with Crippen LogP contribution in [0, 0.1) is 28.5 Å². The molecule has 3 atom stereocenters. The lowest BCUT2D eigenvalue weighted by Crippen LogP contribution is -2.57. The average Bonchev–Trinajstić information content (AvgIpc) is 3.96. The third-order valence-corrected chi connectivity index (χ3v) is 20.9. The third kappa shape index (κ3) is 9.59. The fourth-order valence-electron chi connectivity index (χ4n) is 11.2. The highest BCUT2D eigenvalue weighted by Crippen LogP contribution is 2.48. The van der Waals surface area contributed by atoms with Gasteiger partial charge in [-0.15, -0.1) is 5.54 Å². The van der Waals surface area contributed by atoms with Gasteiger partial charge in [0, 0.05) is 55.0 Å². The van der Waals surface area contributed by atoms with Gasteiger partial charge in [0.1, 0.15) is 42.7 Å². The number of carbonyl (C=O) groups is 1. The number of hydrogen-bond donors (Lipinski definition) is 0. The Bertz CT molecular complexity index is 2480. The van der Waals surface area contributed by atoms with Crippen LogP contribution in [0.15, 0.2) is 36.4 Å². The number of fused-ring (bicyclic) bond motifs is 4. The number of methoxy groups -OCH3 is 1. The molecule has 0 radical (unpaired) electrons. The maximum atomic E-state index is 18.0. The number of aromatic nitrogens is 2. The number of hydrogen-bond acceptors (Lipinski definition) is 9. The van der Waals surface area contributed by atoms with E-state index < -0.39 is 31.5 Å². The van der Waals surface area contributed by atoms with E-state index in [0.717, 1.165) is 38.6 Å². The van der Waals surface area contributed by atoms with Crippen LogP contribution in [0.2, 0.25) is 16.6 Å². The summed E-state index contributed by atoms with van der Waals surface area (Å²) in [6.07, 6.45) is 3.72. The zero-order chi connectivity index (χ0) is 47.3. The molecule has 1 aliphatic carbocycles. The van der Waals surface area contributed by atoms with Crippen LogP contribution in [0.1, 0.15) is 106 Å². The molecule has 4 fully saturated rings. The van der Waals surface area contributed by atoms with E-state index in [4.69, 9.17) is 28.9 Å². The van der Waals surface area contributed by atoms with Gasteiger partial charge in [0.2, 0.25) is 0 Å². The highest BCUT2D eigenvalue weighted by atomic mass is 28.3. The molecule has 3 unspecified atom stereocenters. The van der Waals surface area contributed by atoms with Crippen molar-refractivity contribution in [3.05, 3.63) is 53.6 Å². The van der Waals surface area contributed by atoms with Gasteiger partial charge in [-0.25, -0.2) is 18.0 Å². The van der Waals surface area contributed by atoms with Gasteiger partial charge in [0.05, 0.1) is 24.3 Å². The van der Waals surface area contributed by atoms with Crippen LogP contribution in [0.25, 0.3) is 32.8 Å². The lowest BCUT2D eigenvalue weighted by molar-refractivity contribution is 0.0122. The SMILES string of the molecule is COCOc1cc(-c2ccc3c(N4CC5CCC(C4)N5C(=O)OC(C)(C)C)nc(OCC4(CN5CCCC(F)C5)CC4)nc3c2F)c2c(C#C[Si](C(C)C)(C(C)C)C(C)C)c(F)ccc2c1. The molecule has 1 saturated carbocycles. The first-order valence-electron chi connectivity index (χ1n) is 24.0. The number of rotatable bonds is 13. The number of halogens is 3. The van der Waals surface area contributed by atoms with Crippen molar-refractivity contribution in [1.82, 2.24) is 19.8 Å². The fourth-order valence-corrected chi connectivity index (χ4v) is 16.5. The van der Waals surface area contributed by atoms with Gasteiger partial charge in [-0.2, -0.15) is 9.97 Å². The first-order chi connectivity index (χ1) is 31.3. The summed E-state index contributed by atoms with van der Waals surface area (Å²) in [7, 11) is -0.781. The molecular formula is C52H68F3N5O5Si. The normalized spacial score (nSPS) is 20.9. The standard InChI is InChI=1S/C52H68F3N5O5Si/c1-32(2)66(33(3)4,34(5)6)23-19-41-44(54)18-13-35-24-39(64-31-62-10)25-43(45(35)41)40-16-17-42-47(46(40)55)56-49(63-30-52(20-21-52)29-58-22-11-12-36(53)26-58)57-48(42)59-27-37-14-15-38(28-59)60(37)50(61)65-51(7,8)9/h13,16-18,24-25,32-34,36-38H,11-12,14-15,20-22,26-31H2,1-10H3. The predicted molar refractivity (Wildman–Crippen MR) is 258 cm³/mol. The second-order valence-corrected chi connectivity index (χ2v) is 26.9. The minimum Gasteiger partial charge on any atom is -0.468 e. The summed E-state index contributed by atoms with van der Waals surface area (Å²) in [5, 5.41) is 1.61. The van der Waals surface area contributed by atoms with E-state index in [1.165, 1.54) is 13.2 Å². The van der Waals surface area contributed by atoms with Crippen molar-refractivity contribution in [1.29, 1.82) is 0 Å². The van der Waals surface area contributed by atoms with Crippen molar-refractivity contribution >= 4 is 41.7 Å². The van der Waals surface area contributed by atoms with E-state index in [9.17, 15) is 9.18 Å². The van der Waals surface area contributed by atoms with Crippen LogP contribution >= 0.6 is 0 Å². The van der Waals surface area contributed by atoms with Crippen LogP contribution in [0.5, 0.6) is 11.8 Å². The molecule has 356 valence electrons. The van der Waals surface area contributed by atoms with Crippen LogP contribution in [-0.4, -0.2) is 111 Å². The van der Waals surface area contributed by atoms with Gasteiger partial charge in [0.15, 0.2) is 12.6 Å². The van der Waals surface area contributed by atoms with Crippen molar-refractivity contribution in [2.75, 3.05) is 58.1 Å². The zero-order valence-corrected chi connectivity index (χ0v) is 41.5. The molecule has 3 aliphatic heterocycles. The van der Waals surface area contributed by atoms with E-state index in [-0.39, 0.29) is 53.0 Å². The highest BCUT2D eigenvalue weighted by Gasteiger charge is 2.47. The Balaban J connectivity index is 1.26. The van der Waals surface area contributed by atoms with Crippen molar-refractivity contribution in [2.45, 2.75) is 141 Å². The Hall–Kier alpha value is -4.58. The lowest BCUT2D eigenvalue weighted by Gasteiger charge is -2.42. The van der Waals surface area contributed by atoms with Crippen molar-refractivity contribution in [3.8, 4) is 34.4 Å². The molecule has 4 aliphatic rings. The summed E-state index contributed by atoms with van der Waals surface area (Å²) in [5.41, 5.74) is 4.72. The second kappa shape index (κ2) is 18.8. The molecule has 3 aromatic carbocycles. The van der Waals surface area contributed by atoms with E-state index in [2.05, 4.69) is 62.8 Å². The summed E-state index contributed by atoms with van der Waals surface area (Å²) < 4.78 is 72.4. The number of benzene rings is 3. The Labute approximate surface area is 389 Å². The van der Waals surface area contributed by atoms with Gasteiger partial charge in [0.25, 0.3) is 0 Å². The van der Waals surface area contributed by atoms with Crippen molar-refractivity contribution in [2.24, 2.45) is 5.41 Å². The van der Waals surface area contributed by atoms with E-state index in [0.29, 0.717) is 89.1 Å². The number of carbonyl (C=O) groups excluding carboxylic acids is 1. The zero-order valence-electron chi connectivity index (χ0n) is 40.5. The number of piperidine rings is 1. The molecule has 0 N–H and O–H groups in total. The largest absolute Gasteiger partial charge is 0.468 e. The number of amides is 1. The van der Waals surface area contributed by atoms with E-state index in [1.54, 1.807) is 18.2 Å². The highest BCUT2D eigenvalue weighted by molar-refractivity contribution is 6.90. The Kier molecular flexibility index (Phi) is 13.7. The number of piperazine rings is 1. The Morgan fingerprint density at radius 2 is 1.61 bits per heavy atom. The first-order valence-corrected chi connectivity index (χ1v) is 26.2. The molecule has 4 heterocycles. The number of alkyl halides is 1. The van der Waals surface area contributed by atoms with Gasteiger partial charge >= 0.3 is 12.1 Å². The predicted octanol–water partition coefficient (Wildman–Crippen LogP) is 11.5. The summed E-state index contributed by atoms with van der Waals surface area (Å²) in [6.45, 7) is 22.1. The smallest absolute Gasteiger partial charge is 0.410 e. The number of anilines is 1. The molecule has 2 bridgehead atoms. The van der Waals surface area contributed by atoms with Gasteiger partial charge < -0.3 is 23.8 Å². The Morgan fingerprint density at radius 3 is 2.23 bits per heavy atom. The van der Waals surface area contributed by atoms with E-state index in [1.807, 2.05) is 37.8 Å². The summed E-state index contributed by atoms with van der Waals surface area (Å²) in [5.74, 6) is 3.21. The van der Waals surface area contributed by atoms with Gasteiger partial charge in [-0.1, -0.05) is 59.6 Å². The number of nitrogens with zero attached hydrogens (tertiary/aromatic N) is 5. The topological polar surface area (TPSA) is 89.5 Å². The molecule has 4 aromatic rings. The van der Waals surface area contributed by atoms with E-state index >= 15 is 8.78 Å². The first kappa shape index (κ1) is 47.9. The molecular weight excluding hydrogens is 860 g/mol. The molecule has 1 amide bonds. The number of ether oxygens (including phenoxy) is 4.